The highest BCUT2D eigenvalue weighted by atomic mass is 79.9. The fourth-order valence-corrected chi connectivity index (χ4v) is 2.40. The van der Waals surface area contributed by atoms with Crippen molar-refractivity contribution in [2.45, 2.75) is 13.3 Å². The van der Waals surface area contributed by atoms with Crippen molar-refractivity contribution >= 4 is 40.1 Å². The SMILES string of the molecule is CCOC(=O)C1=Cc2cc(Br)ccc2N(C=O)CC1. The van der Waals surface area contributed by atoms with Crippen molar-refractivity contribution < 1.29 is 14.3 Å². The third-order valence-corrected chi connectivity index (χ3v) is 3.41. The van der Waals surface area contributed by atoms with Crippen molar-refractivity contribution in [3.63, 3.8) is 0 Å². The Morgan fingerprint density at radius 1 is 1.53 bits per heavy atom. The molecule has 0 spiro atoms. The third-order valence-electron chi connectivity index (χ3n) is 2.92. The largest absolute Gasteiger partial charge is 0.463 e. The van der Waals surface area contributed by atoms with E-state index in [1.807, 2.05) is 18.2 Å². The number of hydrogen-bond acceptors (Lipinski definition) is 3. The van der Waals surface area contributed by atoms with Crippen molar-refractivity contribution in [2.24, 2.45) is 0 Å². The standard InChI is InChI=1S/C14H14BrNO3/c1-2-19-14(18)10-5-6-16(9-17)13-4-3-12(15)8-11(13)7-10/h3-4,7-9H,2,5-6H2,1H3. The van der Waals surface area contributed by atoms with Gasteiger partial charge in [-0.2, -0.15) is 0 Å². The molecule has 0 saturated carbocycles. The van der Waals surface area contributed by atoms with E-state index in [2.05, 4.69) is 15.9 Å². The van der Waals surface area contributed by atoms with Crippen LogP contribution in [0.3, 0.4) is 0 Å². The van der Waals surface area contributed by atoms with E-state index in [1.54, 1.807) is 17.9 Å². The summed E-state index contributed by atoms with van der Waals surface area (Å²) in [6, 6.07) is 5.62. The summed E-state index contributed by atoms with van der Waals surface area (Å²) in [4.78, 5) is 24.6. The summed E-state index contributed by atoms with van der Waals surface area (Å²) in [6.07, 6.45) is 3.07. The van der Waals surface area contributed by atoms with Crippen LogP contribution >= 0.6 is 15.9 Å². The average molecular weight is 324 g/mol. The average Bonchev–Trinajstić information content (AvgIpc) is 2.57. The zero-order valence-corrected chi connectivity index (χ0v) is 12.1. The van der Waals surface area contributed by atoms with Gasteiger partial charge in [-0.05, 0) is 43.2 Å². The summed E-state index contributed by atoms with van der Waals surface area (Å²) in [5, 5.41) is 0. The normalized spacial score (nSPS) is 14.2. The Morgan fingerprint density at radius 3 is 3.00 bits per heavy atom. The van der Waals surface area contributed by atoms with E-state index in [0.717, 1.165) is 22.1 Å². The summed E-state index contributed by atoms with van der Waals surface area (Å²) in [7, 11) is 0. The highest BCUT2D eigenvalue weighted by molar-refractivity contribution is 9.10. The Kier molecular flexibility index (Phi) is 4.37. The monoisotopic (exact) mass is 323 g/mol. The van der Waals surface area contributed by atoms with E-state index < -0.39 is 0 Å². The van der Waals surface area contributed by atoms with E-state index in [1.165, 1.54) is 0 Å². The van der Waals surface area contributed by atoms with Gasteiger partial charge in [-0.25, -0.2) is 4.79 Å². The molecule has 1 heterocycles. The Balaban J connectivity index is 2.43. The highest BCUT2D eigenvalue weighted by Gasteiger charge is 2.19. The molecule has 1 aliphatic rings. The smallest absolute Gasteiger partial charge is 0.334 e. The van der Waals surface area contributed by atoms with Crippen molar-refractivity contribution in [3.8, 4) is 0 Å². The maximum Gasteiger partial charge on any atom is 0.334 e. The van der Waals surface area contributed by atoms with Gasteiger partial charge in [0.1, 0.15) is 0 Å². The van der Waals surface area contributed by atoms with Crippen molar-refractivity contribution in [1.29, 1.82) is 0 Å². The summed E-state index contributed by atoms with van der Waals surface area (Å²) >= 11 is 3.39. The lowest BCUT2D eigenvalue weighted by molar-refractivity contribution is -0.138. The van der Waals surface area contributed by atoms with Crippen LogP contribution in [0.25, 0.3) is 6.08 Å². The van der Waals surface area contributed by atoms with Gasteiger partial charge < -0.3 is 9.64 Å². The molecule has 1 aromatic rings. The van der Waals surface area contributed by atoms with Crippen LogP contribution in [0.5, 0.6) is 0 Å². The van der Waals surface area contributed by atoms with Gasteiger partial charge in [0.2, 0.25) is 6.41 Å². The van der Waals surface area contributed by atoms with Crippen LogP contribution in [0.15, 0.2) is 28.2 Å². The van der Waals surface area contributed by atoms with E-state index >= 15 is 0 Å². The van der Waals surface area contributed by atoms with Crippen LogP contribution in [0.1, 0.15) is 18.9 Å². The minimum absolute atomic E-state index is 0.318. The number of carbonyl (C=O) groups excluding carboxylic acids is 2. The first-order chi connectivity index (χ1) is 9.15. The van der Waals surface area contributed by atoms with Crippen molar-refractivity contribution in [3.05, 3.63) is 33.8 Å². The number of anilines is 1. The molecule has 1 aromatic carbocycles. The Hall–Kier alpha value is -1.62. The quantitative estimate of drug-likeness (QED) is 0.634. The lowest BCUT2D eigenvalue weighted by Gasteiger charge is -2.17. The van der Waals surface area contributed by atoms with Gasteiger partial charge in [-0.1, -0.05) is 15.9 Å². The van der Waals surface area contributed by atoms with Crippen LogP contribution < -0.4 is 4.90 Å². The number of rotatable bonds is 3. The van der Waals surface area contributed by atoms with Crippen LogP contribution in [0.2, 0.25) is 0 Å². The maximum atomic E-state index is 11.8. The van der Waals surface area contributed by atoms with Crippen LogP contribution in [0, 0.1) is 0 Å². The second-order valence-corrected chi connectivity index (χ2v) is 5.06. The van der Waals surface area contributed by atoms with Crippen LogP contribution in [0.4, 0.5) is 5.69 Å². The second-order valence-electron chi connectivity index (χ2n) is 4.14. The number of hydrogen-bond donors (Lipinski definition) is 0. The molecule has 100 valence electrons. The van der Waals surface area contributed by atoms with E-state index in [0.29, 0.717) is 25.1 Å². The maximum absolute atomic E-state index is 11.8. The fourth-order valence-electron chi connectivity index (χ4n) is 2.02. The summed E-state index contributed by atoms with van der Waals surface area (Å²) < 4.78 is 5.93. The molecule has 0 saturated heterocycles. The summed E-state index contributed by atoms with van der Waals surface area (Å²) in [5.74, 6) is -0.318. The molecular formula is C14H14BrNO3. The predicted molar refractivity (Wildman–Crippen MR) is 76.8 cm³/mol. The second kappa shape index (κ2) is 6.02. The lowest BCUT2D eigenvalue weighted by atomic mass is 10.1. The molecule has 19 heavy (non-hydrogen) atoms. The Bertz CT molecular complexity index is 539. The number of ether oxygens (including phenoxy) is 1. The number of nitrogens with zero attached hydrogens (tertiary/aromatic N) is 1. The topological polar surface area (TPSA) is 46.6 Å². The number of carbonyl (C=O) groups is 2. The predicted octanol–water partition coefficient (Wildman–Crippen LogP) is 2.76. The molecule has 2 rings (SSSR count). The number of fused-ring (bicyclic) bond motifs is 1. The van der Waals surface area contributed by atoms with Gasteiger partial charge in [-0.15, -0.1) is 0 Å². The zero-order chi connectivity index (χ0) is 13.8. The van der Waals surface area contributed by atoms with Gasteiger partial charge in [0.15, 0.2) is 0 Å². The van der Waals surface area contributed by atoms with E-state index in [4.69, 9.17) is 4.74 Å². The van der Waals surface area contributed by atoms with Gasteiger partial charge in [0.05, 0.1) is 12.3 Å². The molecule has 4 nitrogen and oxygen atoms in total. The van der Waals surface area contributed by atoms with Crippen molar-refractivity contribution in [1.82, 2.24) is 0 Å². The molecule has 0 N–H and O–H groups in total. The molecule has 0 aromatic heterocycles. The van der Waals surface area contributed by atoms with Gasteiger partial charge >= 0.3 is 5.97 Å². The lowest BCUT2D eigenvalue weighted by Crippen LogP contribution is -2.23. The molecule has 0 atom stereocenters. The number of esters is 1. The first kappa shape index (κ1) is 13.8. The van der Waals surface area contributed by atoms with Gasteiger partial charge in [0.25, 0.3) is 0 Å². The highest BCUT2D eigenvalue weighted by Crippen LogP contribution is 2.30. The van der Waals surface area contributed by atoms with E-state index in [-0.39, 0.29) is 5.97 Å². The Labute approximate surface area is 120 Å². The zero-order valence-electron chi connectivity index (χ0n) is 10.6. The minimum atomic E-state index is -0.318. The molecule has 0 bridgehead atoms. The molecular weight excluding hydrogens is 310 g/mol. The Morgan fingerprint density at radius 2 is 2.32 bits per heavy atom. The molecule has 1 amide bonds. The molecule has 0 fully saturated rings. The number of halogens is 1. The molecule has 0 unspecified atom stereocenters. The first-order valence-corrected chi connectivity index (χ1v) is 6.84. The van der Waals surface area contributed by atoms with E-state index in [9.17, 15) is 9.59 Å². The fraction of sp³-hybridized carbons (Fsp3) is 0.286. The molecule has 1 aliphatic heterocycles. The van der Waals surface area contributed by atoms with Gasteiger partial charge in [-0.3, -0.25) is 4.79 Å². The first-order valence-electron chi connectivity index (χ1n) is 6.05. The molecule has 5 heteroatoms. The van der Waals surface area contributed by atoms with Crippen molar-refractivity contribution in [2.75, 3.05) is 18.1 Å². The van der Waals surface area contributed by atoms with Gasteiger partial charge in [0, 0.05) is 16.6 Å². The summed E-state index contributed by atoms with van der Waals surface area (Å²) in [6.45, 7) is 2.60. The number of amides is 1. The molecule has 0 radical (unpaired) electrons. The third kappa shape index (κ3) is 3.04. The van der Waals surface area contributed by atoms with Crippen LogP contribution in [-0.4, -0.2) is 25.5 Å². The summed E-state index contributed by atoms with van der Waals surface area (Å²) in [5.41, 5.74) is 2.23. The van der Waals surface area contributed by atoms with Crippen LogP contribution in [-0.2, 0) is 14.3 Å². The number of benzene rings is 1. The molecule has 0 aliphatic carbocycles. The minimum Gasteiger partial charge on any atom is -0.463 e.